The van der Waals surface area contributed by atoms with Gasteiger partial charge in [0.1, 0.15) is 12.0 Å². The van der Waals surface area contributed by atoms with Gasteiger partial charge in [0, 0.05) is 68.9 Å². The van der Waals surface area contributed by atoms with E-state index < -0.39 is 6.17 Å². The fourth-order valence-electron chi connectivity index (χ4n) is 5.57. The second-order valence-electron chi connectivity index (χ2n) is 9.81. The van der Waals surface area contributed by atoms with Gasteiger partial charge in [-0.2, -0.15) is 9.97 Å². The van der Waals surface area contributed by atoms with Gasteiger partial charge in [0.05, 0.1) is 12.3 Å². The highest BCUT2D eigenvalue weighted by Crippen LogP contribution is 2.47. The molecule has 1 aromatic rings. The summed E-state index contributed by atoms with van der Waals surface area (Å²) in [6.07, 6.45) is 4.84. The second kappa shape index (κ2) is 7.03. The third-order valence-electron chi connectivity index (χ3n) is 7.40. The van der Waals surface area contributed by atoms with Crippen LogP contribution >= 0.6 is 0 Å². The summed E-state index contributed by atoms with van der Waals surface area (Å²) in [6, 6.07) is 1.67. The van der Waals surface area contributed by atoms with Gasteiger partial charge < -0.3 is 20.3 Å². The maximum Gasteiger partial charge on any atom is 0.318 e. The molecule has 2 bridgehead atoms. The predicted molar refractivity (Wildman–Crippen MR) is 108 cm³/mol. The maximum absolute atomic E-state index is 13.5. The molecule has 0 amide bonds. The van der Waals surface area contributed by atoms with E-state index in [2.05, 4.69) is 20.4 Å². The van der Waals surface area contributed by atoms with Gasteiger partial charge in [-0.1, -0.05) is 0 Å². The van der Waals surface area contributed by atoms with Crippen molar-refractivity contribution in [1.29, 1.82) is 0 Å². The summed E-state index contributed by atoms with van der Waals surface area (Å²) in [7, 11) is 0. The summed E-state index contributed by atoms with van der Waals surface area (Å²) < 4.78 is 19.7. The number of rotatable bonds is 6. The molecule has 29 heavy (non-hydrogen) atoms. The van der Waals surface area contributed by atoms with Crippen LogP contribution in [-0.2, 0) is 13.1 Å². The number of piperazine rings is 1. The van der Waals surface area contributed by atoms with Gasteiger partial charge in [-0.15, -0.1) is 0 Å². The molecule has 8 heteroatoms. The number of nitrogens with zero attached hydrogens (tertiary/aromatic N) is 4. The SMILES string of the molecule is F[C@@H]1CCN(CC2(COc3nc4c(c(N5CC6CCC(C5)N6)n3)CNC4)CC2)C1. The molecule has 2 unspecified atom stereocenters. The van der Waals surface area contributed by atoms with E-state index in [9.17, 15) is 4.39 Å². The van der Waals surface area contributed by atoms with Crippen molar-refractivity contribution in [2.75, 3.05) is 44.2 Å². The van der Waals surface area contributed by atoms with Crippen LogP contribution in [0, 0.1) is 5.41 Å². The Balaban J connectivity index is 1.17. The van der Waals surface area contributed by atoms with E-state index in [0.29, 0.717) is 37.7 Å². The average Bonchev–Trinajstić information content (AvgIpc) is 3.03. The Morgan fingerprint density at radius 2 is 1.90 bits per heavy atom. The van der Waals surface area contributed by atoms with Gasteiger partial charge >= 0.3 is 6.01 Å². The first-order valence-corrected chi connectivity index (χ1v) is 11.3. The van der Waals surface area contributed by atoms with Crippen molar-refractivity contribution in [2.45, 2.75) is 63.4 Å². The molecule has 4 aliphatic heterocycles. The molecule has 2 N–H and O–H groups in total. The number of anilines is 1. The molecule has 7 nitrogen and oxygen atoms in total. The topological polar surface area (TPSA) is 65.5 Å². The maximum atomic E-state index is 13.5. The number of aromatic nitrogens is 2. The van der Waals surface area contributed by atoms with Crippen LogP contribution in [0.2, 0.25) is 0 Å². The van der Waals surface area contributed by atoms with Crippen molar-refractivity contribution in [2.24, 2.45) is 5.41 Å². The minimum absolute atomic E-state index is 0.166. The molecular weight excluding hydrogens is 371 g/mol. The van der Waals surface area contributed by atoms with Gasteiger partial charge in [-0.3, -0.25) is 4.90 Å². The Morgan fingerprint density at radius 1 is 1.07 bits per heavy atom. The Morgan fingerprint density at radius 3 is 2.62 bits per heavy atom. The van der Waals surface area contributed by atoms with Gasteiger partial charge in [0.15, 0.2) is 0 Å². The van der Waals surface area contributed by atoms with Crippen molar-refractivity contribution in [1.82, 2.24) is 25.5 Å². The van der Waals surface area contributed by atoms with Crippen molar-refractivity contribution in [3.8, 4) is 6.01 Å². The zero-order valence-electron chi connectivity index (χ0n) is 17.0. The van der Waals surface area contributed by atoms with Crippen molar-refractivity contribution < 1.29 is 9.13 Å². The van der Waals surface area contributed by atoms with E-state index in [0.717, 1.165) is 63.6 Å². The molecule has 4 fully saturated rings. The molecule has 1 saturated carbocycles. The Labute approximate surface area is 171 Å². The van der Waals surface area contributed by atoms with Crippen LogP contribution < -0.4 is 20.3 Å². The monoisotopic (exact) mass is 402 g/mol. The van der Waals surface area contributed by atoms with Gasteiger partial charge in [-0.25, -0.2) is 4.39 Å². The molecule has 0 aromatic carbocycles. The Bertz CT molecular complexity index is 775. The van der Waals surface area contributed by atoms with Crippen LogP contribution in [0.3, 0.4) is 0 Å². The number of alkyl halides is 1. The number of nitrogens with one attached hydrogen (secondary N) is 2. The lowest BCUT2D eigenvalue weighted by Crippen LogP contribution is -2.51. The molecule has 6 rings (SSSR count). The van der Waals surface area contributed by atoms with Crippen LogP contribution in [0.25, 0.3) is 0 Å². The molecule has 0 spiro atoms. The summed E-state index contributed by atoms with van der Waals surface area (Å²) in [5, 5.41) is 7.13. The van der Waals surface area contributed by atoms with Gasteiger partial charge in [0.2, 0.25) is 0 Å². The zero-order chi connectivity index (χ0) is 19.4. The van der Waals surface area contributed by atoms with E-state index >= 15 is 0 Å². The molecule has 3 atom stereocenters. The predicted octanol–water partition coefficient (Wildman–Crippen LogP) is 1.22. The minimum atomic E-state index is -0.656. The lowest BCUT2D eigenvalue weighted by molar-refractivity contribution is 0.164. The fraction of sp³-hybridized carbons (Fsp3) is 0.810. The van der Waals surface area contributed by atoms with Crippen LogP contribution in [-0.4, -0.2) is 72.5 Å². The smallest absolute Gasteiger partial charge is 0.318 e. The zero-order valence-corrected chi connectivity index (χ0v) is 17.0. The fourth-order valence-corrected chi connectivity index (χ4v) is 5.57. The van der Waals surface area contributed by atoms with Crippen molar-refractivity contribution in [3.63, 3.8) is 0 Å². The van der Waals surface area contributed by atoms with E-state index in [1.165, 1.54) is 18.4 Å². The number of likely N-dealkylation sites (tertiary alicyclic amines) is 1. The van der Waals surface area contributed by atoms with E-state index in [1.54, 1.807) is 0 Å². The second-order valence-corrected chi connectivity index (χ2v) is 9.81. The Kier molecular flexibility index (Phi) is 4.43. The third-order valence-corrected chi connectivity index (χ3v) is 7.40. The largest absolute Gasteiger partial charge is 0.463 e. The molecule has 158 valence electrons. The summed E-state index contributed by atoms with van der Waals surface area (Å²) in [5.74, 6) is 1.07. The van der Waals surface area contributed by atoms with Gasteiger partial charge in [-0.05, 0) is 32.1 Å². The molecule has 5 aliphatic rings. The van der Waals surface area contributed by atoms with E-state index in [-0.39, 0.29) is 5.41 Å². The van der Waals surface area contributed by atoms with Crippen molar-refractivity contribution in [3.05, 3.63) is 11.3 Å². The number of fused-ring (bicyclic) bond motifs is 3. The lowest BCUT2D eigenvalue weighted by Gasteiger charge is -2.34. The van der Waals surface area contributed by atoms with Gasteiger partial charge in [0.25, 0.3) is 0 Å². The molecule has 5 heterocycles. The average molecular weight is 403 g/mol. The standard InChI is InChI=1S/C21H31FN6O/c22-14-3-6-27(9-14)12-21(4-5-21)13-29-20-25-18-8-23-7-17(18)19(26-20)28-10-15-1-2-16(11-28)24-15/h14-16,23-24H,1-13H2/t14-,15?,16?/m1/s1. The highest BCUT2D eigenvalue weighted by Gasteiger charge is 2.46. The highest BCUT2D eigenvalue weighted by atomic mass is 19.1. The van der Waals surface area contributed by atoms with E-state index in [4.69, 9.17) is 14.7 Å². The Hall–Kier alpha value is -1.51. The van der Waals surface area contributed by atoms with Crippen molar-refractivity contribution >= 4 is 5.82 Å². The molecular formula is C21H31FN6O. The number of hydrogen-bond acceptors (Lipinski definition) is 7. The summed E-state index contributed by atoms with van der Waals surface area (Å²) in [4.78, 5) is 14.3. The molecule has 3 saturated heterocycles. The molecule has 1 aliphatic carbocycles. The first-order valence-electron chi connectivity index (χ1n) is 11.3. The van der Waals surface area contributed by atoms with Crippen LogP contribution in [0.1, 0.15) is 43.4 Å². The number of ether oxygens (including phenoxy) is 1. The quantitative estimate of drug-likeness (QED) is 0.742. The molecule has 0 radical (unpaired) electrons. The minimum Gasteiger partial charge on any atom is -0.463 e. The summed E-state index contributed by atoms with van der Waals surface area (Å²) >= 11 is 0. The first kappa shape index (κ1) is 18.3. The lowest BCUT2D eigenvalue weighted by atomic mass is 10.1. The van der Waals surface area contributed by atoms with E-state index in [1.807, 2.05) is 0 Å². The van der Waals surface area contributed by atoms with Crippen LogP contribution in [0.4, 0.5) is 10.2 Å². The normalized spacial score (nSPS) is 32.6. The summed E-state index contributed by atoms with van der Waals surface area (Å²) in [5.41, 5.74) is 2.49. The molecule has 1 aromatic heterocycles. The highest BCUT2D eigenvalue weighted by molar-refractivity contribution is 5.52. The number of hydrogen-bond donors (Lipinski definition) is 2. The summed E-state index contributed by atoms with van der Waals surface area (Å²) in [6.45, 7) is 6.69. The van der Waals surface area contributed by atoms with Crippen LogP contribution in [0.15, 0.2) is 0 Å². The first-order chi connectivity index (χ1) is 14.2. The van der Waals surface area contributed by atoms with Crippen LogP contribution in [0.5, 0.6) is 6.01 Å². The third kappa shape index (κ3) is 3.59. The number of halogens is 1.